The molecule has 2 heterocycles. The molecule has 1 aromatic rings. The van der Waals surface area contributed by atoms with Gasteiger partial charge in [0.05, 0.1) is 18.0 Å². The third-order valence-corrected chi connectivity index (χ3v) is 8.15. The highest BCUT2D eigenvalue weighted by molar-refractivity contribution is 6.02. The van der Waals surface area contributed by atoms with Crippen LogP contribution in [0.1, 0.15) is 64.2 Å². The molecule has 4 aliphatic rings. The number of amides is 2. The fourth-order valence-electron chi connectivity index (χ4n) is 5.90. The summed E-state index contributed by atoms with van der Waals surface area (Å²) in [5, 5.41) is 0. The van der Waals surface area contributed by atoms with Gasteiger partial charge in [0, 0.05) is 51.1 Å². The zero-order valence-electron chi connectivity index (χ0n) is 21.0. The fraction of sp³-hybridized carbons (Fsp3) is 0.704. The van der Waals surface area contributed by atoms with E-state index in [1.165, 1.54) is 23.8 Å². The fourth-order valence-corrected chi connectivity index (χ4v) is 5.90. The number of likely N-dealkylation sites (tertiary alicyclic amines) is 1. The molecule has 2 aliphatic heterocycles. The van der Waals surface area contributed by atoms with Crippen molar-refractivity contribution in [2.24, 2.45) is 0 Å². The number of benzene rings is 1. The minimum absolute atomic E-state index is 0.0214. The van der Waals surface area contributed by atoms with E-state index in [2.05, 4.69) is 21.7 Å². The Labute approximate surface area is 208 Å². The van der Waals surface area contributed by atoms with Gasteiger partial charge in [-0.1, -0.05) is 0 Å². The maximum absolute atomic E-state index is 14.1. The third-order valence-electron chi connectivity index (χ3n) is 8.15. The summed E-state index contributed by atoms with van der Waals surface area (Å²) in [6.07, 6.45) is 9.45. The predicted molar refractivity (Wildman–Crippen MR) is 133 cm³/mol. The molecule has 0 spiro atoms. The Morgan fingerprint density at radius 2 is 1.71 bits per heavy atom. The molecule has 8 heteroatoms. The largest absolute Gasteiger partial charge is 0.488 e. The highest BCUT2D eigenvalue weighted by Crippen LogP contribution is 2.34. The number of anilines is 1. The highest BCUT2D eigenvalue weighted by atomic mass is 19.1. The van der Waals surface area contributed by atoms with Crippen molar-refractivity contribution in [3.05, 3.63) is 24.0 Å². The van der Waals surface area contributed by atoms with Crippen LogP contribution >= 0.6 is 0 Å². The molecule has 192 valence electrons. The van der Waals surface area contributed by atoms with Crippen molar-refractivity contribution in [1.82, 2.24) is 14.7 Å². The van der Waals surface area contributed by atoms with E-state index in [0.29, 0.717) is 18.9 Å². The molecule has 0 bridgehead atoms. The molecule has 4 fully saturated rings. The van der Waals surface area contributed by atoms with Gasteiger partial charge >= 0.3 is 0 Å². The average Bonchev–Trinajstić information content (AvgIpc) is 3.49. The van der Waals surface area contributed by atoms with Gasteiger partial charge in [-0.05, 0) is 77.1 Å². The molecule has 2 saturated carbocycles. The molecule has 7 nitrogen and oxygen atoms in total. The Morgan fingerprint density at radius 3 is 2.37 bits per heavy atom. The molecule has 5 rings (SSSR count). The van der Waals surface area contributed by atoms with Crippen LogP contribution in [0.2, 0.25) is 0 Å². The van der Waals surface area contributed by atoms with Gasteiger partial charge in [0.1, 0.15) is 11.6 Å². The van der Waals surface area contributed by atoms with Crippen molar-refractivity contribution in [2.75, 3.05) is 44.7 Å². The number of nitrogens with zero attached hydrogens (tertiary/aromatic N) is 4. The van der Waals surface area contributed by atoms with E-state index >= 15 is 0 Å². The zero-order valence-corrected chi connectivity index (χ0v) is 21.0. The van der Waals surface area contributed by atoms with Gasteiger partial charge in [-0.15, -0.1) is 0 Å². The van der Waals surface area contributed by atoms with Gasteiger partial charge in [-0.3, -0.25) is 24.3 Å². The summed E-state index contributed by atoms with van der Waals surface area (Å²) in [5.74, 6) is 0.536. The topological polar surface area (TPSA) is 56.3 Å². The molecule has 2 aliphatic carbocycles. The quantitative estimate of drug-likeness (QED) is 0.471. The lowest BCUT2D eigenvalue weighted by molar-refractivity contribution is -0.145. The second-order valence-electron chi connectivity index (χ2n) is 10.6. The maximum atomic E-state index is 14.1. The standard InChI is InChI=1S/C27H39FN4O3/c1-29(21-9-10-21)25(32-26(33)12-13-27(32)34)7-4-14-30-15-17-31(18-16-30)23-19-20(28)8-11-24(23)35-22-5-2-3-6-22/h8,11,19,21-22,25H,2-7,9-10,12-18H2,1H3. The molecule has 2 saturated heterocycles. The number of carbonyl (C=O) groups excluding carboxylic acids is 2. The maximum Gasteiger partial charge on any atom is 0.231 e. The van der Waals surface area contributed by atoms with Crippen molar-refractivity contribution in [2.45, 2.75) is 82.5 Å². The molecule has 0 N–H and O–H groups in total. The predicted octanol–water partition coefficient (Wildman–Crippen LogP) is 3.62. The van der Waals surface area contributed by atoms with Crippen molar-refractivity contribution in [3.63, 3.8) is 0 Å². The van der Waals surface area contributed by atoms with E-state index in [1.54, 1.807) is 12.1 Å². The van der Waals surface area contributed by atoms with Crippen LogP contribution in [0.15, 0.2) is 18.2 Å². The number of imide groups is 1. The summed E-state index contributed by atoms with van der Waals surface area (Å²) >= 11 is 0. The van der Waals surface area contributed by atoms with Crippen LogP contribution in [-0.2, 0) is 9.59 Å². The number of carbonyl (C=O) groups is 2. The van der Waals surface area contributed by atoms with Crippen LogP contribution in [0.4, 0.5) is 10.1 Å². The van der Waals surface area contributed by atoms with Crippen molar-refractivity contribution < 1.29 is 18.7 Å². The first-order chi connectivity index (χ1) is 17.0. The molecular formula is C27H39FN4O3. The Kier molecular flexibility index (Phi) is 7.58. The van der Waals surface area contributed by atoms with E-state index in [1.807, 2.05) is 0 Å². The summed E-state index contributed by atoms with van der Waals surface area (Å²) in [4.78, 5) is 33.3. The Bertz CT molecular complexity index is 894. The average molecular weight is 487 g/mol. The molecule has 1 aromatic carbocycles. The van der Waals surface area contributed by atoms with Crippen molar-refractivity contribution in [3.8, 4) is 5.75 Å². The van der Waals surface area contributed by atoms with Crippen LogP contribution in [0.5, 0.6) is 5.75 Å². The van der Waals surface area contributed by atoms with Crippen LogP contribution in [-0.4, -0.2) is 84.6 Å². The van der Waals surface area contributed by atoms with Crippen molar-refractivity contribution >= 4 is 17.5 Å². The number of hydrogen-bond acceptors (Lipinski definition) is 6. The molecule has 1 unspecified atom stereocenters. The summed E-state index contributed by atoms with van der Waals surface area (Å²) in [7, 11) is 2.06. The minimum atomic E-state index is -0.224. The summed E-state index contributed by atoms with van der Waals surface area (Å²) in [6.45, 7) is 4.42. The first-order valence-corrected chi connectivity index (χ1v) is 13.5. The normalized spacial score (nSPS) is 23.1. The first kappa shape index (κ1) is 24.5. The smallest absolute Gasteiger partial charge is 0.231 e. The van der Waals surface area contributed by atoms with Gasteiger partial charge in [0.15, 0.2) is 0 Å². The SMILES string of the molecule is CN(C1CC1)C(CCCN1CCN(c2cc(F)ccc2OC2CCCC2)CC1)N1C(=O)CCC1=O. The van der Waals surface area contributed by atoms with Gasteiger partial charge < -0.3 is 9.64 Å². The molecule has 35 heavy (non-hydrogen) atoms. The Morgan fingerprint density at radius 1 is 1.03 bits per heavy atom. The number of halogens is 1. The van der Waals surface area contributed by atoms with E-state index in [0.717, 1.165) is 82.7 Å². The molecular weight excluding hydrogens is 447 g/mol. The van der Waals surface area contributed by atoms with Gasteiger partial charge in [-0.25, -0.2) is 4.39 Å². The Hall–Kier alpha value is -2.19. The van der Waals surface area contributed by atoms with Crippen LogP contribution in [0, 0.1) is 5.82 Å². The number of hydrogen-bond donors (Lipinski definition) is 0. The Balaban J connectivity index is 1.14. The highest BCUT2D eigenvalue weighted by Gasteiger charge is 2.41. The molecule has 1 atom stereocenters. The molecule has 0 radical (unpaired) electrons. The second-order valence-corrected chi connectivity index (χ2v) is 10.6. The summed E-state index contributed by atoms with van der Waals surface area (Å²) < 4.78 is 20.4. The monoisotopic (exact) mass is 486 g/mol. The van der Waals surface area contributed by atoms with Gasteiger partial charge in [0.25, 0.3) is 0 Å². The first-order valence-electron chi connectivity index (χ1n) is 13.5. The number of rotatable bonds is 10. The van der Waals surface area contributed by atoms with E-state index in [4.69, 9.17) is 4.74 Å². The van der Waals surface area contributed by atoms with E-state index in [9.17, 15) is 14.0 Å². The van der Waals surface area contributed by atoms with Gasteiger partial charge in [-0.2, -0.15) is 0 Å². The zero-order chi connectivity index (χ0) is 24.4. The van der Waals surface area contributed by atoms with Crippen molar-refractivity contribution in [1.29, 1.82) is 0 Å². The van der Waals surface area contributed by atoms with Gasteiger partial charge in [0.2, 0.25) is 11.8 Å². The minimum Gasteiger partial charge on any atom is -0.488 e. The van der Waals surface area contributed by atoms with Crippen LogP contribution in [0.25, 0.3) is 0 Å². The van der Waals surface area contributed by atoms with Crippen LogP contribution < -0.4 is 9.64 Å². The van der Waals surface area contributed by atoms with E-state index < -0.39 is 0 Å². The van der Waals surface area contributed by atoms with Crippen LogP contribution in [0.3, 0.4) is 0 Å². The second kappa shape index (κ2) is 10.8. The molecule has 2 amide bonds. The summed E-state index contributed by atoms with van der Waals surface area (Å²) in [5.41, 5.74) is 0.869. The lowest BCUT2D eigenvalue weighted by atomic mass is 10.1. The summed E-state index contributed by atoms with van der Waals surface area (Å²) in [6, 6.07) is 5.39. The number of ether oxygens (including phenoxy) is 1. The lowest BCUT2D eigenvalue weighted by Crippen LogP contribution is -2.51. The third kappa shape index (κ3) is 5.80. The molecule has 0 aromatic heterocycles. The lowest BCUT2D eigenvalue weighted by Gasteiger charge is -2.38. The van der Waals surface area contributed by atoms with E-state index in [-0.39, 0.29) is 29.9 Å². The number of piperazine rings is 1.